The molecule has 2 N–H and O–H groups in total. The number of methoxy groups -OCH3 is 1. The van der Waals surface area contributed by atoms with Gasteiger partial charge in [0.05, 0.1) is 13.2 Å². The molecule has 0 spiro atoms. The van der Waals surface area contributed by atoms with Gasteiger partial charge in [-0.2, -0.15) is 0 Å². The van der Waals surface area contributed by atoms with E-state index in [1.54, 1.807) is 4.57 Å². The van der Waals surface area contributed by atoms with E-state index in [0.29, 0.717) is 19.0 Å². The molecule has 0 aliphatic rings. The molecule has 0 aliphatic carbocycles. The zero-order chi connectivity index (χ0) is 14.7. The number of nitrogens with zero attached hydrogens (tertiary/aromatic N) is 3. The summed E-state index contributed by atoms with van der Waals surface area (Å²) in [5.74, 6) is -3.43. The first-order valence-corrected chi connectivity index (χ1v) is 5.84. The van der Waals surface area contributed by atoms with Crippen LogP contribution in [-0.4, -0.2) is 28.5 Å². The fourth-order valence-electron chi connectivity index (χ4n) is 1.80. The standard InChI is InChI=1S/C12H13F3N4O/c1-20-3-2-19-10(6-16)17-18-12(19)7-4-8(13)11(15)9(14)5-7/h4-5H,2-3,6,16H2,1H3. The van der Waals surface area contributed by atoms with E-state index in [1.165, 1.54) is 7.11 Å². The van der Waals surface area contributed by atoms with Crippen molar-refractivity contribution >= 4 is 0 Å². The largest absolute Gasteiger partial charge is 0.383 e. The van der Waals surface area contributed by atoms with Crippen molar-refractivity contribution in [3.63, 3.8) is 0 Å². The van der Waals surface area contributed by atoms with Gasteiger partial charge in [-0.3, -0.25) is 0 Å². The molecule has 2 rings (SSSR count). The summed E-state index contributed by atoms with van der Waals surface area (Å²) in [6.45, 7) is 0.832. The molecule has 1 aromatic heterocycles. The SMILES string of the molecule is COCCn1c(CN)nnc1-c1cc(F)c(F)c(F)c1. The number of aromatic nitrogens is 3. The van der Waals surface area contributed by atoms with Crippen LogP contribution in [0.1, 0.15) is 5.82 Å². The van der Waals surface area contributed by atoms with Gasteiger partial charge in [0.2, 0.25) is 0 Å². The summed E-state index contributed by atoms with van der Waals surface area (Å²) in [5.41, 5.74) is 5.61. The van der Waals surface area contributed by atoms with Crippen LogP contribution in [0.25, 0.3) is 11.4 Å². The minimum Gasteiger partial charge on any atom is -0.383 e. The highest BCUT2D eigenvalue weighted by atomic mass is 19.2. The summed E-state index contributed by atoms with van der Waals surface area (Å²) in [6.07, 6.45) is 0. The van der Waals surface area contributed by atoms with Gasteiger partial charge in [0.25, 0.3) is 0 Å². The first-order chi connectivity index (χ1) is 9.58. The van der Waals surface area contributed by atoms with Crippen LogP contribution < -0.4 is 5.73 Å². The Labute approximate surface area is 113 Å². The number of nitrogens with two attached hydrogens (primary N) is 1. The van der Waals surface area contributed by atoms with E-state index in [1.807, 2.05) is 0 Å². The Bertz CT molecular complexity index is 592. The van der Waals surface area contributed by atoms with Crippen molar-refractivity contribution in [2.45, 2.75) is 13.1 Å². The molecule has 20 heavy (non-hydrogen) atoms. The van der Waals surface area contributed by atoms with Crippen LogP contribution >= 0.6 is 0 Å². The second-order valence-corrected chi connectivity index (χ2v) is 4.04. The highest BCUT2D eigenvalue weighted by molar-refractivity contribution is 5.55. The lowest BCUT2D eigenvalue weighted by Crippen LogP contribution is -2.13. The topological polar surface area (TPSA) is 66.0 Å². The molecular weight excluding hydrogens is 273 g/mol. The number of hydrogen-bond donors (Lipinski definition) is 1. The smallest absolute Gasteiger partial charge is 0.194 e. The van der Waals surface area contributed by atoms with Crippen LogP contribution in [0.3, 0.4) is 0 Å². The van der Waals surface area contributed by atoms with Crippen molar-refractivity contribution in [3.05, 3.63) is 35.4 Å². The summed E-state index contributed by atoms with van der Waals surface area (Å²) in [6, 6.07) is 1.73. The minimum atomic E-state index is -1.52. The fourth-order valence-corrected chi connectivity index (χ4v) is 1.80. The fraction of sp³-hybridized carbons (Fsp3) is 0.333. The molecule has 0 amide bonds. The lowest BCUT2D eigenvalue weighted by molar-refractivity contribution is 0.186. The minimum absolute atomic E-state index is 0.0877. The third-order valence-corrected chi connectivity index (χ3v) is 2.77. The molecule has 5 nitrogen and oxygen atoms in total. The van der Waals surface area contributed by atoms with E-state index >= 15 is 0 Å². The van der Waals surface area contributed by atoms with Crippen molar-refractivity contribution in [1.82, 2.24) is 14.8 Å². The third-order valence-electron chi connectivity index (χ3n) is 2.77. The normalized spacial score (nSPS) is 11.1. The molecule has 0 saturated carbocycles. The molecule has 0 bridgehead atoms. The van der Waals surface area contributed by atoms with E-state index in [4.69, 9.17) is 10.5 Å². The lowest BCUT2D eigenvalue weighted by atomic mass is 10.2. The van der Waals surface area contributed by atoms with Crippen LogP contribution in [0.2, 0.25) is 0 Å². The average Bonchev–Trinajstić information content (AvgIpc) is 2.84. The Hall–Kier alpha value is -1.93. The maximum Gasteiger partial charge on any atom is 0.194 e. The van der Waals surface area contributed by atoms with Crippen molar-refractivity contribution in [3.8, 4) is 11.4 Å². The van der Waals surface area contributed by atoms with E-state index in [9.17, 15) is 13.2 Å². The van der Waals surface area contributed by atoms with Crippen LogP contribution in [0.5, 0.6) is 0 Å². The van der Waals surface area contributed by atoms with Gasteiger partial charge >= 0.3 is 0 Å². The number of benzene rings is 1. The monoisotopic (exact) mass is 286 g/mol. The summed E-state index contributed by atoms with van der Waals surface area (Å²) in [4.78, 5) is 0. The molecule has 0 unspecified atom stereocenters. The lowest BCUT2D eigenvalue weighted by Gasteiger charge is -2.09. The highest BCUT2D eigenvalue weighted by Gasteiger charge is 2.17. The number of rotatable bonds is 5. The van der Waals surface area contributed by atoms with E-state index < -0.39 is 17.5 Å². The Balaban J connectivity index is 2.49. The van der Waals surface area contributed by atoms with Gasteiger partial charge in [-0.05, 0) is 12.1 Å². The molecule has 0 radical (unpaired) electrons. The second-order valence-electron chi connectivity index (χ2n) is 4.04. The zero-order valence-electron chi connectivity index (χ0n) is 10.7. The molecule has 0 saturated heterocycles. The maximum absolute atomic E-state index is 13.3. The summed E-state index contributed by atoms with van der Waals surface area (Å²) < 4.78 is 46.0. The molecule has 108 valence electrons. The van der Waals surface area contributed by atoms with Crippen molar-refractivity contribution in [2.75, 3.05) is 13.7 Å². The van der Waals surface area contributed by atoms with Crippen molar-refractivity contribution < 1.29 is 17.9 Å². The quantitative estimate of drug-likeness (QED) is 0.845. The van der Waals surface area contributed by atoms with Gasteiger partial charge < -0.3 is 15.0 Å². The molecule has 0 aliphatic heterocycles. The van der Waals surface area contributed by atoms with Gasteiger partial charge in [0.1, 0.15) is 5.82 Å². The van der Waals surface area contributed by atoms with Crippen molar-refractivity contribution in [1.29, 1.82) is 0 Å². The highest BCUT2D eigenvalue weighted by Crippen LogP contribution is 2.23. The summed E-state index contributed by atoms with van der Waals surface area (Å²) in [5, 5.41) is 7.68. The third kappa shape index (κ3) is 2.66. The average molecular weight is 286 g/mol. The van der Waals surface area contributed by atoms with E-state index in [0.717, 1.165) is 12.1 Å². The molecule has 0 fully saturated rings. The summed E-state index contributed by atoms with van der Waals surface area (Å²) >= 11 is 0. The predicted octanol–water partition coefficient (Wildman–Crippen LogP) is 1.47. The second kappa shape index (κ2) is 6.02. The molecule has 2 aromatic rings. The Morgan fingerprint density at radius 3 is 2.40 bits per heavy atom. The van der Waals surface area contributed by atoms with Gasteiger partial charge in [-0.25, -0.2) is 13.2 Å². The van der Waals surface area contributed by atoms with Crippen LogP contribution in [0.4, 0.5) is 13.2 Å². The van der Waals surface area contributed by atoms with Crippen LogP contribution in [0.15, 0.2) is 12.1 Å². The Morgan fingerprint density at radius 1 is 1.20 bits per heavy atom. The summed E-state index contributed by atoms with van der Waals surface area (Å²) in [7, 11) is 1.52. The van der Waals surface area contributed by atoms with Crippen molar-refractivity contribution in [2.24, 2.45) is 5.73 Å². The maximum atomic E-state index is 13.3. The van der Waals surface area contributed by atoms with Gasteiger partial charge in [-0.15, -0.1) is 10.2 Å². The molecule has 1 heterocycles. The molecule has 8 heteroatoms. The first-order valence-electron chi connectivity index (χ1n) is 5.84. The Morgan fingerprint density at radius 2 is 1.85 bits per heavy atom. The predicted molar refractivity (Wildman–Crippen MR) is 65.1 cm³/mol. The van der Waals surface area contributed by atoms with Gasteiger partial charge in [0.15, 0.2) is 23.3 Å². The molecular formula is C12H13F3N4O. The number of hydrogen-bond acceptors (Lipinski definition) is 4. The molecule has 0 atom stereocenters. The van der Waals surface area contributed by atoms with Crippen LogP contribution in [0, 0.1) is 17.5 Å². The first kappa shape index (κ1) is 14.5. The van der Waals surface area contributed by atoms with Gasteiger partial charge in [0, 0.05) is 19.2 Å². The number of halogens is 3. The molecule has 1 aromatic carbocycles. The Kier molecular flexibility index (Phi) is 4.35. The van der Waals surface area contributed by atoms with E-state index in [-0.39, 0.29) is 17.9 Å². The number of ether oxygens (including phenoxy) is 1. The van der Waals surface area contributed by atoms with Gasteiger partial charge in [-0.1, -0.05) is 0 Å². The van der Waals surface area contributed by atoms with E-state index in [2.05, 4.69) is 10.2 Å². The van der Waals surface area contributed by atoms with Crippen LogP contribution in [-0.2, 0) is 17.8 Å². The zero-order valence-corrected chi connectivity index (χ0v) is 10.7.